The van der Waals surface area contributed by atoms with Crippen molar-refractivity contribution in [3.8, 4) is 0 Å². The molecule has 88 valence electrons. The van der Waals surface area contributed by atoms with E-state index >= 15 is 0 Å². The van der Waals surface area contributed by atoms with Crippen molar-refractivity contribution in [1.82, 2.24) is 9.97 Å². The van der Waals surface area contributed by atoms with Crippen LogP contribution in [0.2, 0.25) is 5.28 Å². The summed E-state index contributed by atoms with van der Waals surface area (Å²) in [5, 5.41) is 3.27. The summed E-state index contributed by atoms with van der Waals surface area (Å²) >= 11 is 5.73. The number of halogens is 1. The summed E-state index contributed by atoms with van der Waals surface area (Å²) in [6.07, 6.45) is 0.216. The van der Waals surface area contributed by atoms with E-state index in [1.165, 1.54) is 0 Å². The maximum atomic E-state index is 10.9. The van der Waals surface area contributed by atoms with Crippen molar-refractivity contribution >= 4 is 23.3 Å². The largest absolute Gasteiger partial charge is 0.370 e. The van der Waals surface area contributed by atoms with Gasteiger partial charge in [0.05, 0.1) is 0 Å². The van der Waals surface area contributed by atoms with E-state index in [1.807, 2.05) is 20.8 Å². The number of aryl methyl sites for hydroxylation is 1. The van der Waals surface area contributed by atoms with Crippen LogP contribution < -0.4 is 11.1 Å². The van der Waals surface area contributed by atoms with Crippen molar-refractivity contribution in [2.24, 2.45) is 5.73 Å². The molecular weight excluding hydrogens is 228 g/mol. The van der Waals surface area contributed by atoms with Gasteiger partial charge in [0.25, 0.3) is 0 Å². The minimum atomic E-state index is -0.462. The van der Waals surface area contributed by atoms with Crippen molar-refractivity contribution in [2.45, 2.75) is 32.7 Å². The first kappa shape index (κ1) is 12.7. The highest BCUT2D eigenvalue weighted by molar-refractivity contribution is 6.28. The number of rotatable bonds is 4. The quantitative estimate of drug-likeness (QED) is 0.784. The van der Waals surface area contributed by atoms with Crippen molar-refractivity contribution in [3.63, 3.8) is 0 Å². The third-order valence-electron chi connectivity index (χ3n) is 1.91. The second-order valence-corrected chi connectivity index (χ2v) is 4.65. The van der Waals surface area contributed by atoms with Gasteiger partial charge in [0, 0.05) is 23.7 Å². The van der Waals surface area contributed by atoms with Gasteiger partial charge in [0.2, 0.25) is 11.2 Å². The fourth-order valence-electron chi connectivity index (χ4n) is 1.42. The molecule has 0 aliphatic carbocycles. The van der Waals surface area contributed by atoms with E-state index in [2.05, 4.69) is 15.3 Å². The monoisotopic (exact) mass is 242 g/mol. The smallest absolute Gasteiger partial charge is 0.224 e. The number of nitrogens with zero attached hydrogens (tertiary/aromatic N) is 2. The molecule has 1 heterocycles. The van der Waals surface area contributed by atoms with Gasteiger partial charge in [-0.15, -0.1) is 0 Å². The predicted octanol–water partition coefficient (Wildman–Crippen LogP) is 1.50. The number of anilines is 1. The highest BCUT2D eigenvalue weighted by atomic mass is 35.5. The first-order valence-corrected chi connectivity index (χ1v) is 5.24. The Labute approximate surface area is 99.4 Å². The van der Waals surface area contributed by atoms with Gasteiger partial charge >= 0.3 is 0 Å². The number of hydrogen-bond acceptors (Lipinski definition) is 4. The van der Waals surface area contributed by atoms with Gasteiger partial charge in [0.15, 0.2) is 0 Å². The lowest BCUT2D eigenvalue weighted by Gasteiger charge is -2.25. The Hall–Kier alpha value is -1.36. The van der Waals surface area contributed by atoms with E-state index in [0.29, 0.717) is 5.82 Å². The minimum Gasteiger partial charge on any atom is -0.370 e. The summed E-state index contributed by atoms with van der Waals surface area (Å²) in [6, 6.07) is 1.76. The third-order valence-corrected chi connectivity index (χ3v) is 2.08. The molecule has 3 N–H and O–H groups in total. The fourth-order valence-corrected chi connectivity index (χ4v) is 1.65. The highest BCUT2D eigenvalue weighted by Crippen LogP contribution is 2.17. The lowest BCUT2D eigenvalue weighted by molar-refractivity contribution is -0.118. The molecule has 1 aromatic heterocycles. The van der Waals surface area contributed by atoms with Gasteiger partial charge < -0.3 is 11.1 Å². The van der Waals surface area contributed by atoms with Crippen LogP contribution in [-0.4, -0.2) is 21.4 Å². The predicted molar refractivity (Wildman–Crippen MR) is 63.3 cm³/mol. The first-order chi connectivity index (χ1) is 7.28. The van der Waals surface area contributed by atoms with Crippen LogP contribution in [0.15, 0.2) is 6.07 Å². The summed E-state index contributed by atoms with van der Waals surface area (Å²) in [7, 11) is 0. The van der Waals surface area contributed by atoms with E-state index in [-0.39, 0.29) is 17.6 Å². The standard InChI is InChI=1S/C10H15ClN4O/c1-6-4-8(14-9(11)13-6)15-10(2,3)5-7(12)16/h4H,5H2,1-3H3,(H2,12,16)(H,13,14,15). The number of amides is 1. The van der Waals surface area contributed by atoms with Crippen molar-refractivity contribution in [3.05, 3.63) is 17.0 Å². The Morgan fingerprint density at radius 3 is 2.69 bits per heavy atom. The molecule has 1 rings (SSSR count). The lowest BCUT2D eigenvalue weighted by atomic mass is 10.0. The van der Waals surface area contributed by atoms with Gasteiger partial charge in [0.1, 0.15) is 5.82 Å². The number of nitrogens with two attached hydrogens (primary N) is 1. The fraction of sp³-hybridized carbons (Fsp3) is 0.500. The molecule has 0 atom stereocenters. The molecule has 0 unspecified atom stereocenters. The second-order valence-electron chi connectivity index (χ2n) is 4.32. The molecule has 1 amide bonds. The number of carbonyl (C=O) groups excluding carboxylic acids is 1. The van der Waals surface area contributed by atoms with Crippen LogP contribution in [0.3, 0.4) is 0 Å². The zero-order valence-electron chi connectivity index (χ0n) is 9.54. The SMILES string of the molecule is Cc1cc(NC(C)(C)CC(N)=O)nc(Cl)n1. The molecule has 0 aliphatic heterocycles. The molecule has 0 spiro atoms. The zero-order valence-corrected chi connectivity index (χ0v) is 10.3. The average Bonchev–Trinajstić information content (AvgIpc) is 1.95. The molecule has 0 saturated heterocycles. The lowest BCUT2D eigenvalue weighted by Crippen LogP contribution is -2.36. The van der Waals surface area contributed by atoms with Crippen LogP contribution in [-0.2, 0) is 4.79 Å². The molecule has 6 heteroatoms. The summed E-state index contributed by atoms with van der Waals surface area (Å²) in [6.45, 7) is 5.55. The first-order valence-electron chi connectivity index (χ1n) is 4.86. The molecule has 1 aromatic rings. The van der Waals surface area contributed by atoms with E-state index in [1.54, 1.807) is 6.07 Å². The Kier molecular flexibility index (Phi) is 3.70. The summed E-state index contributed by atoms with van der Waals surface area (Å²) in [5.74, 6) is 0.220. The molecule has 0 fully saturated rings. The molecular formula is C10H15ClN4O. The molecule has 0 radical (unpaired) electrons. The maximum Gasteiger partial charge on any atom is 0.224 e. The topological polar surface area (TPSA) is 80.9 Å². The number of hydrogen-bond donors (Lipinski definition) is 2. The van der Waals surface area contributed by atoms with E-state index < -0.39 is 5.54 Å². The van der Waals surface area contributed by atoms with Crippen LogP contribution in [0.25, 0.3) is 0 Å². The van der Waals surface area contributed by atoms with Gasteiger partial charge in [-0.25, -0.2) is 9.97 Å². The molecule has 5 nitrogen and oxygen atoms in total. The summed E-state index contributed by atoms with van der Waals surface area (Å²) in [4.78, 5) is 18.8. The van der Waals surface area contributed by atoms with Crippen LogP contribution >= 0.6 is 11.6 Å². The van der Waals surface area contributed by atoms with Crippen molar-refractivity contribution < 1.29 is 4.79 Å². The second kappa shape index (κ2) is 4.65. The van der Waals surface area contributed by atoms with E-state index in [4.69, 9.17) is 17.3 Å². The minimum absolute atomic E-state index is 0.178. The van der Waals surface area contributed by atoms with Crippen LogP contribution in [0.1, 0.15) is 26.0 Å². The molecule has 16 heavy (non-hydrogen) atoms. The molecule has 0 aromatic carbocycles. The average molecular weight is 243 g/mol. The number of carbonyl (C=O) groups is 1. The Morgan fingerprint density at radius 1 is 1.56 bits per heavy atom. The van der Waals surface area contributed by atoms with Crippen molar-refractivity contribution in [1.29, 1.82) is 0 Å². The van der Waals surface area contributed by atoms with E-state index in [9.17, 15) is 4.79 Å². The van der Waals surface area contributed by atoms with Crippen molar-refractivity contribution in [2.75, 3.05) is 5.32 Å². The Balaban J connectivity index is 2.83. The number of aromatic nitrogens is 2. The normalized spacial score (nSPS) is 11.2. The van der Waals surface area contributed by atoms with E-state index in [0.717, 1.165) is 5.69 Å². The Bertz CT molecular complexity index is 386. The summed E-state index contributed by atoms with van der Waals surface area (Å²) < 4.78 is 0. The molecule has 0 saturated carbocycles. The van der Waals surface area contributed by atoms with Crippen LogP contribution in [0.4, 0.5) is 5.82 Å². The van der Waals surface area contributed by atoms with Gasteiger partial charge in [-0.05, 0) is 32.4 Å². The van der Waals surface area contributed by atoms with Gasteiger partial charge in [-0.3, -0.25) is 4.79 Å². The Morgan fingerprint density at radius 2 is 2.19 bits per heavy atom. The van der Waals surface area contributed by atoms with Gasteiger partial charge in [-0.1, -0.05) is 0 Å². The maximum absolute atomic E-state index is 10.9. The molecule has 0 bridgehead atoms. The summed E-state index contributed by atoms with van der Waals surface area (Å²) in [5.41, 5.74) is 5.45. The zero-order chi connectivity index (χ0) is 12.3. The van der Waals surface area contributed by atoms with Crippen LogP contribution in [0.5, 0.6) is 0 Å². The van der Waals surface area contributed by atoms with Crippen LogP contribution in [0, 0.1) is 6.92 Å². The number of primary amides is 1. The van der Waals surface area contributed by atoms with Gasteiger partial charge in [-0.2, -0.15) is 0 Å². The number of nitrogens with one attached hydrogen (secondary N) is 1. The third kappa shape index (κ3) is 4.02. The highest BCUT2D eigenvalue weighted by Gasteiger charge is 2.21. The molecule has 0 aliphatic rings.